The van der Waals surface area contributed by atoms with Crippen molar-refractivity contribution in [3.05, 3.63) is 23.2 Å². The molecule has 1 saturated heterocycles. The first-order chi connectivity index (χ1) is 7.81. The van der Waals surface area contributed by atoms with Crippen LogP contribution in [0.5, 0.6) is 0 Å². The van der Waals surface area contributed by atoms with Gasteiger partial charge in [-0.05, 0) is 38.4 Å². The predicted molar refractivity (Wildman–Crippen MR) is 62.8 cm³/mol. The minimum absolute atomic E-state index is 0.0184. The predicted octanol–water partition coefficient (Wildman–Crippen LogP) is 3.02. The molecular weight excluding hydrogens is 205 g/mol. The molecule has 0 aromatic heterocycles. The summed E-state index contributed by atoms with van der Waals surface area (Å²) < 4.78 is 19.0. The zero-order valence-corrected chi connectivity index (χ0v) is 9.97. The standard InChI is InChI=1S/C13H20FNO/c1-16-13-7-5-6-12(14)11(13)10-15-8-3-2-4-9-15/h7H,2-6,8-10H2,1H3. The molecule has 0 saturated carbocycles. The summed E-state index contributed by atoms with van der Waals surface area (Å²) in [7, 11) is 1.63. The average molecular weight is 225 g/mol. The largest absolute Gasteiger partial charge is 0.497 e. The van der Waals surface area contributed by atoms with Crippen molar-refractivity contribution in [2.45, 2.75) is 32.1 Å². The normalized spacial score (nSPS) is 23.2. The van der Waals surface area contributed by atoms with E-state index in [1.807, 2.05) is 6.08 Å². The molecule has 2 aliphatic rings. The van der Waals surface area contributed by atoms with Crippen LogP contribution in [0.4, 0.5) is 4.39 Å². The fourth-order valence-electron chi connectivity index (χ4n) is 2.45. The van der Waals surface area contributed by atoms with Gasteiger partial charge in [-0.1, -0.05) is 6.42 Å². The summed E-state index contributed by atoms with van der Waals surface area (Å²) >= 11 is 0. The van der Waals surface area contributed by atoms with Crippen molar-refractivity contribution in [2.75, 3.05) is 26.7 Å². The molecule has 1 heterocycles. The summed E-state index contributed by atoms with van der Waals surface area (Å²) in [6.07, 6.45) is 7.09. The van der Waals surface area contributed by atoms with Crippen LogP contribution in [0.15, 0.2) is 23.2 Å². The van der Waals surface area contributed by atoms with Crippen molar-refractivity contribution in [1.82, 2.24) is 4.90 Å². The Balaban J connectivity index is 2.03. The van der Waals surface area contributed by atoms with Crippen LogP contribution in [0.2, 0.25) is 0 Å². The number of ether oxygens (including phenoxy) is 1. The summed E-state index contributed by atoms with van der Waals surface area (Å²) in [5.41, 5.74) is 0.774. The summed E-state index contributed by atoms with van der Waals surface area (Å²) in [5.74, 6) is 0.763. The molecule has 0 unspecified atom stereocenters. The fourth-order valence-corrected chi connectivity index (χ4v) is 2.45. The average Bonchev–Trinajstić information content (AvgIpc) is 2.33. The van der Waals surface area contributed by atoms with Crippen LogP contribution in [-0.2, 0) is 4.74 Å². The van der Waals surface area contributed by atoms with E-state index in [2.05, 4.69) is 4.90 Å². The first-order valence-corrected chi connectivity index (χ1v) is 6.15. The molecule has 1 fully saturated rings. The number of hydrogen-bond acceptors (Lipinski definition) is 2. The van der Waals surface area contributed by atoms with Gasteiger partial charge in [-0.3, -0.25) is 4.90 Å². The zero-order valence-electron chi connectivity index (χ0n) is 9.97. The summed E-state index contributed by atoms with van der Waals surface area (Å²) in [6.45, 7) is 2.90. The second-order valence-corrected chi connectivity index (χ2v) is 4.53. The van der Waals surface area contributed by atoms with E-state index in [9.17, 15) is 4.39 Å². The molecule has 3 heteroatoms. The number of nitrogens with zero attached hydrogens (tertiary/aromatic N) is 1. The lowest BCUT2D eigenvalue weighted by Gasteiger charge is -2.29. The minimum atomic E-state index is 0.0184. The lowest BCUT2D eigenvalue weighted by molar-refractivity contribution is 0.229. The summed E-state index contributed by atoms with van der Waals surface area (Å²) in [6, 6.07) is 0. The van der Waals surface area contributed by atoms with Crippen molar-refractivity contribution >= 4 is 0 Å². The second-order valence-electron chi connectivity index (χ2n) is 4.53. The summed E-state index contributed by atoms with van der Waals surface area (Å²) in [5, 5.41) is 0. The Morgan fingerprint density at radius 1 is 1.31 bits per heavy atom. The van der Waals surface area contributed by atoms with E-state index >= 15 is 0 Å². The molecule has 0 bridgehead atoms. The summed E-state index contributed by atoms with van der Waals surface area (Å²) in [4.78, 5) is 2.33. The molecule has 0 spiro atoms. The van der Waals surface area contributed by atoms with Gasteiger partial charge in [0.15, 0.2) is 0 Å². The lowest BCUT2D eigenvalue weighted by Crippen LogP contribution is -2.32. The molecule has 0 aromatic rings. The Labute approximate surface area is 96.8 Å². The van der Waals surface area contributed by atoms with Gasteiger partial charge in [-0.15, -0.1) is 0 Å². The number of piperidine rings is 1. The Bertz CT molecular complexity index is 303. The van der Waals surface area contributed by atoms with Crippen molar-refractivity contribution < 1.29 is 9.13 Å². The zero-order chi connectivity index (χ0) is 11.4. The van der Waals surface area contributed by atoms with Crippen LogP contribution in [0.25, 0.3) is 0 Å². The van der Waals surface area contributed by atoms with Gasteiger partial charge in [0.25, 0.3) is 0 Å². The van der Waals surface area contributed by atoms with Crippen molar-refractivity contribution in [3.8, 4) is 0 Å². The highest BCUT2D eigenvalue weighted by molar-refractivity contribution is 5.33. The van der Waals surface area contributed by atoms with Gasteiger partial charge >= 0.3 is 0 Å². The molecule has 0 aromatic carbocycles. The molecule has 90 valence electrons. The highest BCUT2D eigenvalue weighted by Crippen LogP contribution is 2.28. The number of likely N-dealkylation sites (tertiary alicyclic amines) is 1. The van der Waals surface area contributed by atoms with E-state index in [1.165, 1.54) is 19.3 Å². The van der Waals surface area contributed by atoms with Crippen LogP contribution >= 0.6 is 0 Å². The molecule has 2 nitrogen and oxygen atoms in total. The third-order valence-electron chi connectivity index (χ3n) is 3.37. The number of allylic oxidation sites excluding steroid dienone is 2. The van der Waals surface area contributed by atoms with Crippen molar-refractivity contribution in [1.29, 1.82) is 0 Å². The minimum Gasteiger partial charge on any atom is -0.497 e. The molecule has 0 atom stereocenters. The molecule has 16 heavy (non-hydrogen) atoms. The van der Waals surface area contributed by atoms with E-state index in [1.54, 1.807) is 7.11 Å². The number of halogens is 1. The van der Waals surface area contributed by atoms with E-state index in [-0.39, 0.29) is 5.83 Å². The topological polar surface area (TPSA) is 12.5 Å². The van der Waals surface area contributed by atoms with Gasteiger partial charge in [0.2, 0.25) is 0 Å². The molecular formula is C13H20FNO. The van der Waals surface area contributed by atoms with Gasteiger partial charge in [0.1, 0.15) is 11.6 Å². The molecule has 1 aliphatic heterocycles. The van der Waals surface area contributed by atoms with E-state index in [4.69, 9.17) is 4.74 Å². The van der Waals surface area contributed by atoms with Gasteiger partial charge in [-0.2, -0.15) is 0 Å². The molecule has 2 rings (SSSR count). The molecule has 0 radical (unpaired) electrons. The van der Waals surface area contributed by atoms with Crippen LogP contribution < -0.4 is 0 Å². The highest BCUT2D eigenvalue weighted by atomic mass is 19.1. The highest BCUT2D eigenvalue weighted by Gasteiger charge is 2.20. The molecule has 0 amide bonds. The van der Waals surface area contributed by atoms with Crippen LogP contribution in [0, 0.1) is 0 Å². The third kappa shape index (κ3) is 2.64. The van der Waals surface area contributed by atoms with Gasteiger partial charge in [0, 0.05) is 18.5 Å². The Hall–Kier alpha value is -0.830. The van der Waals surface area contributed by atoms with Crippen molar-refractivity contribution in [2.24, 2.45) is 0 Å². The maximum absolute atomic E-state index is 13.8. The number of methoxy groups -OCH3 is 1. The number of hydrogen-bond donors (Lipinski definition) is 0. The monoisotopic (exact) mass is 225 g/mol. The van der Waals surface area contributed by atoms with Gasteiger partial charge < -0.3 is 4.74 Å². The lowest BCUT2D eigenvalue weighted by atomic mass is 10.0. The first kappa shape index (κ1) is 11.6. The smallest absolute Gasteiger partial charge is 0.121 e. The Morgan fingerprint density at radius 2 is 2.06 bits per heavy atom. The maximum atomic E-state index is 13.8. The maximum Gasteiger partial charge on any atom is 0.121 e. The quantitative estimate of drug-likeness (QED) is 0.732. The van der Waals surface area contributed by atoms with E-state index < -0.39 is 0 Å². The van der Waals surface area contributed by atoms with E-state index in [0.29, 0.717) is 13.0 Å². The number of rotatable bonds is 3. The Morgan fingerprint density at radius 3 is 2.75 bits per heavy atom. The SMILES string of the molecule is COC1=CCCC(F)=C1CN1CCCCC1. The third-order valence-corrected chi connectivity index (χ3v) is 3.37. The Kier molecular flexibility index (Phi) is 3.99. The van der Waals surface area contributed by atoms with Crippen LogP contribution in [0.1, 0.15) is 32.1 Å². The first-order valence-electron chi connectivity index (χ1n) is 6.15. The molecule has 1 aliphatic carbocycles. The van der Waals surface area contributed by atoms with Gasteiger partial charge in [0.05, 0.1) is 7.11 Å². The van der Waals surface area contributed by atoms with Gasteiger partial charge in [-0.25, -0.2) is 4.39 Å². The molecule has 0 N–H and O–H groups in total. The fraction of sp³-hybridized carbons (Fsp3) is 0.692. The van der Waals surface area contributed by atoms with Crippen LogP contribution in [-0.4, -0.2) is 31.6 Å². The second kappa shape index (κ2) is 5.48. The van der Waals surface area contributed by atoms with Crippen LogP contribution in [0.3, 0.4) is 0 Å². The van der Waals surface area contributed by atoms with E-state index in [0.717, 1.165) is 30.8 Å². The van der Waals surface area contributed by atoms with Crippen molar-refractivity contribution in [3.63, 3.8) is 0 Å².